The molecule has 0 bridgehead atoms. The van der Waals surface area contributed by atoms with Crippen molar-refractivity contribution in [1.29, 1.82) is 0 Å². The third-order valence-electron chi connectivity index (χ3n) is 22.0. The quantitative estimate of drug-likeness (QED) is 0.0408. The fraction of sp³-hybridized carbons (Fsp3) is 0.0417. The molecule has 0 amide bonds. The third-order valence-corrected chi connectivity index (χ3v) is 22.0. The Morgan fingerprint density at radius 2 is 0.500 bits per heavy atom. The van der Waals surface area contributed by atoms with E-state index < -0.39 is 23.9 Å². The molecule has 106 heavy (non-hydrogen) atoms. The van der Waals surface area contributed by atoms with E-state index in [4.69, 9.17) is 18.9 Å². The standard InChI is InChI=1S/C96H60B2O8/c99-93(103-53-57-23-7-1-8-24-57)63-39-41-83-73(43-63)79-45-65(95(101)105-55-59-27-11-3-12-28-59)47-81-75-49-71(69-37-21-19-35-67(69)61-31-15-5-16-32-61)78-52-86-88-76(50-72(70-38-22-20-36-68(70)62-33-17-6-18-34-62)77-51-85(97(83)91(79)81)87(75)89(78)90(77)88)82-48-66(96(102)106-56-60-29-13-4-14-30-60)46-80-74-44-64(40-42-84(74)98(86)92(80)82)94(100)104-54-58-25-9-2-10-26-58/h1-52H,53-56H2. The first-order valence-electron chi connectivity index (χ1n) is 35.9. The van der Waals surface area contributed by atoms with E-state index in [0.717, 1.165) is 176 Å². The molecule has 0 spiro atoms. The van der Waals surface area contributed by atoms with Gasteiger partial charge >= 0.3 is 23.9 Å². The Morgan fingerprint density at radius 3 is 0.840 bits per heavy atom. The first-order valence-corrected chi connectivity index (χ1v) is 35.9. The van der Waals surface area contributed by atoms with Crippen LogP contribution < -0.4 is 32.8 Å². The molecule has 0 aliphatic carbocycles. The summed E-state index contributed by atoms with van der Waals surface area (Å²) in [5, 5.41) is 6.26. The molecule has 20 rings (SSSR count). The van der Waals surface area contributed by atoms with Gasteiger partial charge in [-0.1, -0.05) is 288 Å². The fourth-order valence-electron chi connectivity index (χ4n) is 17.3. The van der Waals surface area contributed by atoms with E-state index >= 15 is 9.59 Å². The molecule has 0 N–H and O–H groups in total. The zero-order valence-corrected chi connectivity index (χ0v) is 57.3. The summed E-state index contributed by atoms with van der Waals surface area (Å²) in [7, 11) is 0. The molecule has 10 heteroatoms. The number of fused-ring (bicyclic) bond motifs is 10. The van der Waals surface area contributed by atoms with Crippen LogP contribution >= 0.6 is 0 Å². The van der Waals surface area contributed by atoms with Gasteiger partial charge in [0.05, 0.1) is 22.3 Å². The highest BCUT2D eigenvalue weighted by molar-refractivity contribution is 7.03. The Bertz CT molecular complexity index is 5960. The SMILES string of the molecule is O=C(OCc1ccccc1)c1ccc2c(c1)-c1cc(C(=O)OCc3ccccc3)cc3c1B2c1cc2c(-c4ccccc4-c4ccccc4)cc4c5c(cc6c(-c7ccccc7-c7ccccc7)cc-3c1c6c25)B1c2ccc(C(=O)OCc3ccccc3)cc2-c2cc(C(=O)OCc3ccccc3)cc-4c21. The lowest BCUT2D eigenvalue weighted by atomic mass is 9.34. The summed E-state index contributed by atoms with van der Waals surface area (Å²) < 4.78 is 24.7. The van der Waals surface area contributed by atoms with E-state index in [1.54, 1.807) is 0 Å². The highest BCUT2D eigenvalue weighted by Gasteiger charge is 2.46. The Kier molecular flexibility index (Phi) is 14.8. The Morgan fingerprint density at radius 1 is 0.217 bits per heavy atom. The molecule has 0 saturated carbocycles. The van der Waals surface area contributed by atoms with Crippen molar-refractivity contribution in [1.82, 2.24) is 0 Å². The van der Waals surface area contributed by atoms with Crippen molar-refractivity contribution in [2.75, 3.05) is 0 Å². The Labute approximate surface area is 612 Å². The third kappa shape index (κ3) is 10.2. The van der Waals surface area contributed by atoms with Crippen LogP contribution in [0, 0.1) is 0 Å². The summed E-state index contributed by atoms with van der Waals surface area (Å²) >= 11 is 0. The lowest BCUT2D eigenvalue weighted by molar-refractivity contribution is 0.0464. The number of hydrogen-bond acceptors (Lipinski definition) is 8. The molecule has 0 aromatic heterocycles. The van der Waals surface area contributed by atoms with E-state index in [1.807, 2.05) is 182 Å². The second-order valence-corrected chi connectivity index (χ2v) is 28.0. The summed E-state index contributed by atoms with van der Waals surface area (Å²) in [4.78, 5) is 59.3. The predicted octanol–water partition coefficient (Wildman–Crippen LogP) is 17.6. The fourth-order valence-corrected chi connectivity index (χ4v) is 17.3. The number of benzene rings is 16. The highest BCUT2D eigenvalue weighted by Crippen LogP contribution is 2.53. The maximum atomic E-state index is 15.2. The van der Waals surface area contributed by atoms with Crippen molar-refractivity contribution in [2.24, 2.45) is 0 Å². The Hall–Kier alpha value is -13.4. The van der Waals surface area contributed by atoms with Gasteiger partial charge in [-0.25, -0.2) is 19.2 Å². The number of rotatable bonds is 16. The van der Waals surface area contributed by atoms with Gasteiger partial charge < -0.3 is 18.9 Å². The number of esters is 4. The lowest BCUT2D eigenvalue weighted by Crippen LogP contribution is -2.53. The van der Waals surface area contributed by atoms with Crippen LogP contribution in [0.2, 0.25) is 0 Å². The van der Waals surface area contributed by atoms with Crippen molar-refractivity contribution in [3.8, 4) is 89.0 Å². The van der Waals surface area contributed by atoms with Crippen LogP contribution in [0.15, 0.2) is 315 Å². The smallest absolute Gasteiger partial charge is 0.338 e. The minimum Gasteiger partial charge on any atom is -0.457 e. The van der Waals surface area contributed by atoms with Crippen LogP contribution in [-0.4, -0.2) is 37.3 Å². The largest absolute Gasteiger partial charge is 0.457 e. The highest BCUT2D eigenvalue weighted by atomic mass is 16.5. The minimum absolute atomic E-state index is 0.0708. The van der Waals surface area contributed by atoms with Gasteiger partial charge in [0.25, 0.3) is 0 Å². The summed E-state index contributed by atoms with van der Waals surface area (Å²) in [5.74, 6) is -1.87. The predicted molar refractivity (Wildman–Crippen MR) is 425 cm³/mol. The Balaban J connectivity index is 0.899. The topological polar surface area (TPSA) is 105 Å². The molecular formula is C96H60B2O8. The molecular weight excluding hydrogens is 1300 g/mol. The van der Waals surface area contributed by atoms with Crippen molar-refractivity contribution in [3.05, 3.63) is 360 Å². The van der Waals surface area contributed by atoms with Crippen LogP contribution in [0.4, 0.5) is 0 Å². The molecule has 8 nitrogen and oxygen atoms in total. The first kappa shape index (κ1) is 62.4. The van der Waals surface area contributed by atoms with Gasteiger partial charge in [-0.15, -0.1) is 0 Å². The second-order valence-electron chi connectivity index (χ2n) is 28.0. The molecule has 16 aromatic rings. The number of ether oxygens (including phenoxy) is 4. The maximum Gasteiger partial charge on any atom is 0.338 e. The van der Waals surface area contributed by atoms with Crippen LogP contribution in [0.1, 0.15) is 63.7 Å². The molecule has 16 aromatic carbocycles. The van der Waals surface area contributed by atoms with Crippen molar-refractivity contribution in [2.45, 2.75) is 26.4 Å². The molecule has 0 atom stereocenters. The monoisotopic (exact) mass is 1360 g/mol. The molecule has 4 aliphatic heterocycles. The van der Waals surface area contributed by atoms with Crippen LogP contribution in [-0.2, 0) is 45.4 Å². The van der Waals surface area contributed by atoms with E-state index in [0.29, 0.717) is 22.3 Å². The van der Waals surface area contributed by atoms with Crippen molar-refractivity contribution < 1.29 is 38.1 Å². The van der Waals surface area contributed by atoms with Gasteiger partial charge in [-0.3, -0.25) is 0 Å². The van der Waals surface area contributed by atoms with Crippen molar-refractivity contribution >= 4 is 102 Å². The van der Waals surface area contributed by atoms with Gasteiger partial charge in [-0.2, -0.15) is 0 Å². The van der Waals surface area contributed by atoms with Gasteiger partial charge in [0.15, 0.2) is 0 Å². The van der Waals surface area contributed by atoms with Gasteiger partial charge in [0, 0.05) is 0 Å². The second kappa shape index (κ2) is 25.2. The van der Waals surface area contributed by atoms with E-state index in [1.165, 1.54) is 0 Å². The van der Waals surface area contributed by atoms with Gasteiger partial charge in [-0.05, 0) is 204 Å². The number of carbonyl (C=O) groups is 4. The minimum atomic E-state index is -0.475. The zero-order valence-electron chi connectivity index (χ0n) is 57.3. The van der Waals surface area contributed by atoms with Gasteiger partial charge in [0.2, 0.25) is 13.4 Å². The normalized spacial score (nSPS) is 12.2. The maximum absolute atomic E-state index is 15.2. The molecule has 0 radical (unpaired) electrons. The molecule has 498 valence electrons. The zero-order chi connectivity index (χ0) is 70.7. The molecule has 4 heterocycles. The van der Waals surface area contributed by atoms with Gasteiger partial charge in [0.1, 0.15) is 26.4 Å². The molecule has 0 unspecified atom stereocenters. The average Bonchev–Trinajstić information content (AvgIpc) is 1.29. The van der Waals surface area contributed by atoms with Crippen LogP contribution in [0.3, 0.4) is 0 Å². The van der Waals surface area contributed by atoms with Crippen LogP contribution in [0.5, 0.6) is 0 Å². The average molecular weight is 1360 g/mol. The van der Waals surface area contributed by atoms with E-state index in [-0.39, 0.29) is 39.9 Å². The van der Waals surface area contributed by atoms with Crippen LogP contribution in [0.25, 0.3) is 121 Å². The van der Waals surface area contributed by atoms with Crippen molar-refractivity contribution in [3.63, 3.8) is 0 Å². The molecule has 4 aliphatic rings. The summed E-state index contributed by atoms with van der Waals surface area (Å²) in [5.41, 5.74) is 26.5. The number of hydrogen-bond donors (Lipinski definition) is 0. The molecule has 0 fully saturated rings. The summed E-state index contributed by atoms with van der Waals surface area (Å²) in [6.07, 6.45) is 0. The summed E-state index contributed by atoms with van der Waals surface area (Å²) in [6, 6.07) is 107. The van der Waals surface area contributed by atoms with E-state index in [2.05, 4.69) is 133 Å². The lowest BCUT2D eigenvalue weighted by Gasteiger charge is -2.33. The molecule has 0 saturated heterocycles. The number of carbonyl (C=O) groups excluding carboxylic acids is 4. The van der Waals surface area contributed by atoms with E-state index in [9.17, 15) is 9.59 Å². The summed E-state index contributed by atoms with van der Waals surface area (Å²) in [6.45, 7) is -0.409. The first-order chi connectivity index (χ1) is 52.2.